The van der Waals surface area contributed by atoms with Gasteiger partial charge in [-0.2, -0.15) is 0 Å². The maximum Gasteiger partial charge on any atom is 0.347 e. The van der Waals surface area contributed by atoms with Crippen molar-refractivity contribution >= 4 is 46.4 Å². The molecule has 2 rings (SSSR count). The van der Waals surface area contributed by atoms with E-state index in [-0.39, 0.29) is 12.5 Å². The number of nitrogens with one attached hydrogen (secondary N) is 1. The van der Waals surface area contributed by atoms with Crippen molar-refractivity contribution in [2.75, 3.05) is 13.2 Å². The van der Waals surface area contributed by atoms with Gasteiger partial charge in [0.1, 0.15) is 5.75 Å². The fourth-order valence-corrected chi connectivity index (χ4v) is 3.06. The van der Waals surface area contributed by atoms with Crippen molar-refractivity contribution in [3.05, 3.63) is 50.6 Å². The van der Waals surface area contributed by atoms with Crippen molar-refractivity contribution in [2.24, 2.45) is 0 Å². The molecule has 0 bridgehead atoms. The van der Waals surface area contributed by atoms with Crippen LogP contribution in [0.4, 0.5) is 0 Å². The largest absolute Gasteiger partial charge is 0.477 e. The minimum absolute atomic E-state index is 0.290. The number of hydrogen-bond donors (Lipinski definition) is 1. The predicted molar refractivity (Wildman–Crippen MR) is 98.5 cm³/mol. The number of thiophene rings is 1. The Bertz CT molecular complexity index is 721. The Morgan fingerprint density at radius 1 is 1.28 bits per heavy atom. The molecule has 0 saturated carbocycles. The van der Waals surface area contributed by atoms with E-state index in [2.05, 4.69) is 5.32 Å². The molecule has 0 fully saturated rings. The van der Waals surface area contributed by atoms with Crippen molar-refractivity contribution in [1.29, 1.82) is 0 Å². The van der Waals surface area contributed by atoms with E-state index in [0.717, 1.165) is 6.42 Å². The van der Waals surface area contributed by atoms with E-state index < -0.39 is 12.1 Å². The summed E-state index contributed by atoms with van der Waals surface area (Å²) in [5, 5.41) is 5.43. The summed E-state index contributed by atoms with van der Waals surface area (Å²) in [6.45, 7) is 1.65. The number of rotatable bonds is 8. The number of ether oxygens (including phenoxy) is 2. The first-order chi connectivity index (χ1) is 12.0. The van der Waals surface area contributed by atoms with Gasteiger partial charge < -0.3 is 14.8 Å². The number of carbonyl (C=O) groups is 2. The Morgan fingerprint density at radius 2 is 2.08 bits per heavy atom. The Kier molecular flexibility index (Phi) is 7.55. The molecule has 0 saturated heterocycles. The first kappa shape index (κ1) is 19.6. The lowest BCUT2D eigenvalue weighted by molar-refractivity contribution is -0.154. The van der Waals surface area contributed by atoms with Gasteiger partial charge in [0.05, 0.1) is 5.02 Å². The highest BCUT2D eigenvalue weighted by atomic mass is 35.5. The fourth-order valence-electron chi connectivity index (χ4n) is 1.89. The van der Waals surface area contributed by atoms with Gasteiger partial charge in [-0.1, -0.05) is 29.3 Å². The average Bonchev–Trinajstić information content (AvgIpc) is 3.08. The number of carbonyl (C=O) groups excluding carboxylic acids is 2. The molecule has 0 unspecified atom stereocenters. The van der Waals surface area contributed by atoms with Gasteiger partial charge in [0.25, 0.3) is 5.91 Å². The van der Waals surface area contributed by atoms with Gasteiger partial charge in [0.2, 0.25) is 0 Å². The van der Waals surface area contributed by atoms with Crippen LogP contribution in [-0.4, -0.2) is 31.1 Å². The molecule has 0 radical (unpaired) electrons. The molecule has 1 aromatic heterocycles. The molecule has 1 amide bonds. The van der Waals surface area contributed by atoms with Gasteiger partial charge in [-0.3, -0.25) is 4.79 Å². The number of amides is 1. The van der Waals surface area contributed by atoms with Gasteiger partial charge in [-0.05, 0) is 43.0 Å². The molecular weight excluding hydrogens is 385 g/mol. The van der Waals surface area contributed by atoms with Crippen LogP contribution in [0.1, 0.15) is 11.8 Å². The summed E-state index contributed by atoms with van der Waals surface area (Å²) in [5.41, 5.74) is 0. The molecule has 8 heteroatoms. The summed E-state index contributed by atoms with van der Waals surface area (Å²) >= 11 is 13.4. The van der Waals surface area contributed by atoms with Gasteiger partial charge >= 0.3 is 5.97 Å². The number of halogens is 2. The smallest absolute Gasteiger partial charge is 0.347 e. The van der Waals surface area contributed by atoms with Crippen molar-refractivity contribution in [3.8, 4) is 5.75 Å². The van der Waals surface area contributed by atoms with Gasteiger partial charge in [-0.25, -0.2) is 4.79 Å². The zero-order valence-electron chi connectivity index (χ0n) is 13.5. The standard InChI is InChI=1S/C17H17Cl2NO4S/c1-11(24-15-5-4-12(18)9-14(15)19)17(22)23-10-16(21)20-7-6-13-3-2-8-25-13/h2-5,8-9,11H,6-7,10H2,1H3,(H,20,21)/t11-/m0/s1. The molecule has 1 N–H and O–H groups in total. The predicted octanol–water partition coefficient (Wildman–Crippen LogP) is 3.72. The quantitative estimate of drug-likeness (QED) is 0.684. The molecule has 25 heavy (non-hydrogen) atoms. The Balaban J connectivity index is 1.70. The molecule has 2 aromatic rings. The maximum absolute atomic E-state index is 11.9. The summed E-state index contributed by atoms with van der Waals surface area (Å²) in [5.74, 6) is -0.697. The summed E-state index contributed by atoms with van der Waals surface area (Å²) in [7, 11) is 0. The molecule has 1 atom stereocenters. The minimum atomic E-state index is -0.905. The van der Waals surface area contributed by atoms with Crippen LogP contribution >= 0.6 is 34.5 Å². The highest BCUT2D eigenvalue weighted by Crippen LogP contribution is 2.28. The lowest BCUT2D eigenvalue weighted by Gasteiger charge is -2.15. The van der Waals surface area contributed by atoms with Crippen LogP contribution in [0, 0.1) is 0 Å². The molecule has 0 aliphatic carbocycles. The topological polar surface area (TPSA) is 64.6 Å². The van der Waals surface area contributed by atoms with E-state index in [1.165, 1.54) is 17.9 Å². The number of hydrogen-bond acceptors (Lipinski definition) is 5. The van der Waals surface area contributed by atoms with Crippen molar-refractivity contribution < 1.29 is 19.1 Å². The fraction of sp³-hybridized carbons (Fsp3) is 0.294. The van der Waals surface area contributed by atoms with Crippen LogP contribution in [0.3, 0.4) is 0 Å². The zero-order chi connectivity index (χ0) is 18.2. The summed E-state index contributed by atoms with van der Waals surface area (Å²) in [6, 6.07) is 8.63. The highest BCUT2D eigenvalue weighted by molar-refractivity contribution is 7.09. The normalized spacial score (nSPS) is 11.6. The van der Waals surface area contributed by atoms with Gasteiger partial charge in [-0.15, -0.1) is 11.3 Å². The van der Waals surface area contributed by atoms with E-state index in [9.17, 15) is 9.59 Å². The zero-order valence-corrected chi connectivity index (χ0v) is 15.8. The lowest BCUT2D eigenvalue weighted by Crippen LogP contribution is -2.33. The second-order valence-electron chi connectivity index (χ2n) is 5.12. The van der Waals surface area contributed by atoms with Crippen molar-refractivity contribution in [1.82, 2.24) is 5.32 Å². The summed E-state index contributed by atoms with van der Waals surface area (Å²) in [6.07, 6.45) is -0.163. The second kappa shape index (κ2) is 9.65. The third-order valence-corrected chi connectivity index (χ3v) is 4.62. The van der Waals surface area contributed by atoms with E-state index in [1.54, 1.807) is 23.5 Å². The number of esters is 1. The van der Waals surface area contributed by atoms with Crippen LogP contribution in [-0.2, 0) is 20.7 Å². The molecule has 0 aliphatic rings. The Labute approximate surface area is 159 Å². The van der Waals surface area contributed by atoms with E-state index in [4.69, 9.17) is 32.7 Å². The molecule has 0 aliphatic heterocycles. The molecular formula is C17H17Cl2NO4S. The lowest BCUT2D eigenvalue weighted by atomic mass is 10.3. The van der Waals surface area contributed by atoms with Crippen LogP contribution in [0.15, 0.2) is 35.7 Å². The minimum Gasteiger partial charge on any atom is -0.477 e. The molecule has 134 valence electrons. The van der Waals surface area contributed by atoms with Crippen LogP contribution < -0.4 is 10.1 Å². The van der Waals surface area contributed by atoms with Crippen LogP contribution in [0.2, 0.25) is 10.0 Å². The number of benzene rings is 1. The van der Waals surface area contributed by atoms with Crippen molar-refractivity contribution in [3.63, 3.8) is 0 Å². The molecule has 1 aromatic carbocycles. The Hall–Kier alpha value is -1.76. The van der Waals surface area contributed by atoms with Crippen LogP contribution in [0.25, 0.3) is 0 Å². The Morgan fingerprint density at radius 3 is 2.76 bits per heavy atom. The third kappa shape index (κ3) is 6.57. The molecule has 1 heterocycles. The second-order valence-corrected chi connectivity index (χ2v) is 7.00. The molecule has 5 nitrogen and oxygen atoms in total. The molecule has 0 spiro atoms. The first-order valence-electron chi connectivity index (χ1n) is 7.53. The summed E-state index contributed by atoms with van der Waals surface area (Å²) < 4.78 is 10.4. The first-order valence-corrected chi connectivity index (χ1v) is 9.16. The van der Waals surface area contributed by atoms with E-state index in [0.29, 0.717) is 22.3 Å². The van der Waals surface area contributed by atoms with Crippen molar-refractivity contribution in [2.45, 2.75) is 19.4 Å². The third-order valence-electron chi connectivity index (χ3n) is 3.15. The summed E-state index contributed by atoms with van der Waals surface area (Å²) in [4.78, 5) is 24.8. The maximum atomic E-state index is 11.9. The monoisotopic (exact) mass is 401 g/mol. The SMILES string of the molecule is C[C@H](Oc1ccc(Cl)cc1Cl)C(=O)OCC(=O)NCCc1cccs1. The highest BCUT2D eigenvalue weighted by Gasteiger charge is 2.19. The van der Waals surface area contributed by atoms with Gasteiger partial charge in [0, 0.05) is 16.4 Å². The van der Waals surface area contributed by atoms with E-state index in [1.807, 2.05) is 17.5 Å². The van der Waals surface area contributed by atoms with Gasteiger partial charge in [0.15, 0.2) is 12.7 Å². The average molecular weight is 402 g/mol. The van der Waals surface area contributed by atoms with Crippen LogP contribution in [0.5, 0.6) is 5.75 Å². The van der Waals surface area contributed by atoms with E-state index >= 15 is 0 Å².